The molecule has 0 atom stereocenters. The highest BCUT2D eigenvalue weighted by molar-refractivity contribution is 5.76. The number of anilines is 1. The third-order valence-electron chi connectivity index (χ3n) is 5.34. The number of alkyl halides is 2. The average molecular weight is 421 g/mol. The summed E-state index contributed by atoms with van der Waals surface area (Å²) in [7, 11) is 0. The summed E-state index contributed by atoms with van der Waals surface area (Å²) in [5.74, 6) is 0.917. The van der Waals surface area contributed by atoms with Crippen LogP contribution < -0.4 is 10.1 Å². The number of ether oxygens (including phenoxy) is 1. The minimum Gasteiger partial charge on any atom is -0.432 e. The standard InChI is InChI=1S/C25H25F2N3O/c1-5-30-15-21(9-7-18(30)4)24-16(2)6-11-23(29-24)28-17(3)12-19-8-10-20-14-25(26,27)31-22(20)13-19/h6-11,13,15H,3-5,12,14H2,1-2H3,(H,28,29). The van der Waals surface area contributed by atoms with Crippen molar-refractivity contribution in [1.82, 2.24) is 9.88 Å². The van der Waals surface area contributed by atoms with Crippen LogP contribution in [0.15, 0.2) is 73.2 Å². The molecule has 1 N–H and O–H groups in total. The van der Waals surface area contributed by atoms with E-state index in [0.717, 1.165) is 34.6 Å². The average Bonchev–Trinajstić information content (AvgIpc) is 3.03. The number of likely N-dealkylation sites (N-methyl/N-ethyl adjacent to an activating group) is 1. The molecule has 0 unspecified atom stereocenters. The molecule has 4 rings (SSSR count). The fraction of sp³-hybridized carbons (Fsp3) is 0.240. The maximum atomic E-state index is 13.4. The highest BCUT2D eigenvalue weighted by Crippen LogP contribution is 2.37. The Kier molecular flexibility index (Phi) is 5.39. The van der Waals surface area contributed by atoms with Gasteiger partial charge in [-0.25, -0.2) is 4.98 Å². The van der Waals surface area contributed by atoms with Crippen molar-refractivity contribution in [3.8, 4) is 5.75 Å². The summed E-state index contributed by atoms with van der Waals surface area (Å²) in [5, 5.41) is 3.24. The number of allylic oxidation sites excluding steroid dienone is 4. The predicted octanol–water partition coefficient (Wildman–Crippen LogP) is 5.83. The van der Waals surface area contributed by atoms with E-state index in [1.807, 2.05) is 37.3 Å². The quantitative estimate of drug-likeness (QED) is 0.637. The Hall–Kier alpha value is -3.41. The molecule has 0 radical (unpaired) electrons. The molecule has 0 amide bonds. The van der Waals surface area contributed by atoms with Gasteiger partial charge >= 0.3 is 6.11 Å². The summed E-state index contributed by atoms with van der Waals surface area (Å²) in [6.07, 6.45) is 3.02. The van der Waals surface area contributed by atoms with Crippen molar-refractivity contribution < 1.29 is 13.5 Å². The van der Waals surface area contributed by atoms with Gasteiger partial charge in [0.1, 0.15) is 11.6 Å². The Labute approximate surface area is 181 Å². The van der Waals surface area contributed by atoms with Gasteiger partial charge in [0.2, 0.25) is 0 Å². The molecule has 31 heavy (non-hydrogen) atoms. The van der Waals surface area contributed by atoms with Crippen LogP contribution in [-0.4, -0.2) is 22.5 Å². The van der Waals surface area contributed by atoms with Crippen LogP contribution in [0.3, 0.4) is 0 Å². The van der Waals surface area contributed by atoms with Crippen molar-refractivity contribution in [1.29, 1.82) is 0 Å². The van der Waals surface area contributed by atoms with E-state index in [9.17, 15) is 8.78 Å². The van der Waals surface area contributed by atoms with Crippen LogP contribution in [0.25, 0.3) is 5.57 Å². The monoisotopic (exact) mass is 421 g/mol. The van der Waals surface area contributed by atoms with Crippen LogP contribution in [0.4, 0.5) is 14.6 Å². The van der Waals surface area contributed by atoms with Crippen molar-refractivity contribution in [3.05, 3.63) is 95.6 Å². The van der Waals surface area contributed by atoms with Crippen LogP contribution in [0, 0.1) is 6.92 Å². The van der Waals surface area contributed by atoms with Gasteiger partial charge < -0.3 is 15.0 Å². The molecule has 4 nitrogen and oxygen atoms in total. The maximum Gasteiger partial charge on any atom is 0.402 e. The SMILES string of the molecule is C=C(Cc1ccc2c(c1)OC(F)(F)C2)Nc1ccc(C)c(C2=CN(CC)C(=C)C=C2)n1. The number of nitrogens with zero attached hydrogens (tertiary/aromatic N) is 2. The smallest absolute Gasteiger partial charge is 0.402 e. The van der Waals surface area contributed by atoms with Crippen LogP contribution in [-0.2, 0) is 12.8 Å². The molecule has 0 bridgehead atoms. The molecule has 0 aliphatic carbocycles. The Morgan fingerprint density at radius 3 is 2.84 bits per heavy atom. The molecular formula is C25H25F2N3O. The third kappa shape index (κ3) is 4.53. The zero-order chi connectivity index (χ0) is 22.2. The molecular weight excluding hydrogens is 396 g/mol. The van der Waals surface area contributed by atoms with Gasteiger partial charge in [-0.2, -0.15) is 8.78 Å². The molecule has 0 saturated heterocycles. The second-order valence-corrected chi connectivity index (χ2v) is 7.82. The van der Waals surface area contributed by atoms with Gasteiger partial charge in [0.05, 0.1) is 12.1 Å². The Balaban J connectivity index is 1.48. The number of nitrogens with one attached hydrogen (secondary N) is 1. The van der Waals surface area contributed by atoms with Crippen LogP contribution in [0.5, 0.6) is 5.75 Å². The maximum absolute atomic E-state index is 13.4. The normalized spacial score (nSPS) is 16.6. The molecule has 0 spiro atoms. The predicted molar refractivity (Wildman–Crippen MR) is 120 cm³/mol. The molecule has 2 aromatic rings. The van der Waals surface area contributed by atoms with Crippen molar-refractivity contribution >= 4 is 11.4 Å². The van der Waals surface area contributed by atoms with Crippen LogP contribution >= 0.6 is 0 Å². The van der Waals surface area contributed by atoms with Gasteiger partial charge in [-0.15, -0.1) is 0 Å². The van der Waals surface area contributed by atoms with E-state index in [1.54, 1.807) is 12.1 Å². The van der Waals surface area contributed by atoms with Gasteiger partial charge in [-0.05, 0) is 49.3 Å². The molecule has 0 fully saturated rings. The largest absolute Gasteiger partial charge is 0.432 e. The van der Waals surface area contributed by atoms with E-state index in [1.165, 1.54) is 0 Å². The van der Waals surface area contributed by atoms with Crippen LogP contribution in [0.1, 0.15) is 29.3 Å². The fourth-order valence-electron chi connectivity index (χ4n) is 3.74. The second kappa shape index (κ2) is 8.02. The summed E-state index contributed by atoms with van der Waals surface area (Å²) in [6.45, 7) is 13.1. The molecule has 2 aliphatic rings. The summed E-state index contributed by atoms with van der Waals surface area (Å²) in [4.78, 5) is 6.85. The van der Waals surface area contributed by atoms with Gasteiger partial charge in [0, 0.05) is 41.7 Å². The van der Waals surface area contributed by atoms with Crippen molar-refractivity contribution in [2.24, 2.45) is 0 Å². The lowest BCUT2D eigenvalue weighted by Crippen LogP contribution is -2.20. The number of aromatic nitrogens is 1. The number of hydrogen-bond donors (Lipinski definition) is 1. The summed E-state index contributed by atoms with van der Waals surface area (Å²) < 4.78 is 31.6. The number of hydrogen-bond acceptors (Lipinski definition) is 4. The van der Waals surface area contributed by atoms with E-state index in [2.05, 4.69) is 36.5 Å². The zero-order valence-electron chi connectivity index (χ0n) is 17.7. The highest BCUT2D eigenvalue weighted by atomic mass is 19.3. The summed E-state index contributed by atoms with van der Waals surface area (Å²) in [5.41, 5.74) is 5.98. The lowest BCUT2D eigenvalue weighted by atomic mass is 10.0. The molecule has 1 aromatic heterocycles. The first kappa shape index (κ1) is 20.8. The first-order chi connectivity index (χ1) is 14.7. The van der Waals surface area contributed by atoms with Gasteiger partial charge in [-0.1, -0.05) is 31.4 Å². The number of pyridine rings is 1. The second-order valence-electron chi connectivity index (χ2n) is 7.82. The van der Waals surface area contributed by atoms with Gasteiger partial charge in [-0.3, -0.25) is 0 Å². The van der Waals surface area contributed by atoms with E-state index in [-0.39, 0.29) is 12.2 Å². The first-order valence-electron chi connectivity index (χ1n) is 10.2. The van der Waals surface area contributed by atoms with Crippen molar-refractivity contribution in [3.63, 3.8) is 0 Å². The Morgan fingerprint density at radius 1 is 1.26 bits per heavy atom. The number of halogens is 2. The van der Waals surface area contributed by atoms with Gasteiger partial charge in [0.25, 0.3) is 0 Å². The van der Waals surface area contributed by atoms with E-state index in [4.69, 9.17) is 9.72 Å². The Bertz CT molecular complexity index is 1120. The zero-order valence-corrected chi connectivity index (χ0v) is 17.7. The molecule has 6 heteroatoms. The van der Waals surface area contributed by atoms with E-state index < -0.39 is 6.11 Å². The first-order valence-corrected chi connectivity index (χ1v) is 10.2. The fourth-order valence-corrected chi connectivity index (χ4v) is 3.74. The van der Waals surface area contributed by atoms with E-state index >= 15 is 0 Å². The third-order valence-corrected chi connectivity index (χ3v) is 5.34. The summed E-state index contributed by atoms with van der Waals surface area (Å²) >= 11 is 0. The lowest BCUT2D eigenvalue weighted by molar-refractivity contribution is -0.159. The molecule has 2 aliphatic heterocycles. The lowest BCUT2D eigenvalue weighted by Gasteiger charge is -2.24. The van der Waals surface area contributed by atoms with Gasteiger partial charge in [0.15, 0.2) is 0 Å². The molecule has 0 saturated carbocycles. The number of aryl methyl sites for hydroxylation is 1. The number of fused-ring (bicyclic) bond motifs is 1. The van der Waals surface area contributed by atoms with Crippen LogP contribution in [0.2, 0.25) is 0 Å². The minimum absolute atomic E-state index is 0.240. The molecule has 160 valence electrons. The molecule has 1 aromatic carbocycles. The van der Waals surface area contributed by atoms with Crippen molar-refractivity contribution in [2.45, 2.75) is 32.8 Å². The topological polar surface area (TPSA) is 37.4 Å². The van der Waals surface area contributed by atoms with E-state index in [0.29, 0.717) is 23.5 Å². The number of benzene rings is 1. The van der Waals surface area contributed by atoms with Crippen molar-refractivity contribution in [2.75, 3.05) is 11.9 Å². The minimum atomic E-state index is -3.12. The highest BCUT2D eigenvalue weighted by Gasteiger charge is 2.39. The number of rotatable bonds is 6. The molecule has 3 heterocycles. The Morgan fingerprint density at radius 2 is 2.06 bits per heavy atom. The summed E-state index contributed by atoms with van der Waals surface area (Å²) in [6, 6.07) is 9.09.